The standard InChI is InChI=1S/C24H49N/c1-5-9-11-13-16-22(7-3)24(18-15-20-25-21-19-24)23(8-4)17-14-12-10-6-2/h22-23,25H,5-21H2,1-4H3. The van der Waals surface area contributed by atoms with Crippen LogP contribution >= 0.6 is 0 Å². The molecule has 150 valence electrons. The third-order valence-electron chi connectivity index (χ3n) is 7.19. The molecule has 1 heterocycles. The number of hydrogen-bond acceptors (Lipinski definition) is 1. The second-order valence-corrected chi connectivity index (χ2v) is 8.75. The lowest BCUT2D eigenvalue weighted by atomic mass is 9.58. The molecule has 0 aromatic rings. The van der Waals surface area contributed by atoms with Crippen LogP contribution in [0.15, 0.2) is 0 Å². The average Bonchev–Trinajstić information content (AvgIpc) is 2.89. The van der Waals surface area contributed by atoms with E-state index in [1.807, 2.05) is 0 Å². The van der Waals surface area contributed by atoms with Crippen molar-refractivity contribution in [1.82, 2.24) is 5.32 Å². The SMILES string of the molecule is CCCCCCC(CC)C1(C(CC)CCCCCC)CCCNCC1. The fourth-order valence-corrected chi connectivity index (χ4v) is 5.69. The topological polar surface area (TPSA) is 12.0 Å². The first-order valence-electron chi connectivity index (χ1n) is 12.0. The predicted octanol–water partition coefficient (Wildman–Crippen LogP) is 7.74. The van der Waals surface area contributed by atoms with Crippen molar-refractivity contribution in [3.05, 3.63) is 0 Å². The predicted molar refractivity (Wildman–Crippen MR) is 114 cm³/mol. The van der Waals surface area contributed by atoms with Gasteiger partial charge in [0.15, 0.2) is 0 Å². The molecule has 0 spiro atoms. The molecule has 0 radical (unpaired) electrons. The Kier molecular flexibility index (Phi) is 12.9. The van der Waals surface area contributed by atoms with Crippen molar-refractivity contribution in [2.45, 2.75) is 124 Å². The summed E-state index contributed by atoms with van der Waals surface area (Å²) >= 11 is 0. The van der Waals surface area contributed by atoms with Crippen LogP contribution in [0.3, 0.4) is 0 Å². The molecule has 25 heavy (non-hydrogen) atoms. The van der Waals surface area contributed by atoms with Crippen molar-refractivity contribution in [2.75, 3.05) is 13.1 Å². The maximum atomic E-state index is 3.71. The molecule has 0 bridgehead atoms. The second kappa shape index (κ2) is 14.1. The molecule has 1 saturated heterocycles. The summed E-state index contributed by atoms with van der Waals surface area (Å²) in [5.74, 6) is 1.92. The van der Waals surface area contributed by atoms with E-state index in [-0.39, 0.29) is 0 Å². The van der Waals surface area contributed by atoms with Gasteiger partial charge in [-0.3, -0.25) is 0 Å². The van der Waals surface area contributed by atoms with Gasteiger partial charge >= 0.3 is 0 Å². The Morgan fingerprint density at radius 1 is 0.680 bits per heavy atom. The van der Waals surface area contributed by atoms with Gasteiger partial charge in [-0.1, -0.05) is 91.9 Å². The molecule has 1 aliphatic heterocycles. The van der Waals surface area contributed by atoms with Gasteiger partial charge in [0.05, 0.1) is 0 Å². The molecule has 1 nitrogen and oxygen atoms in total. The van der Waals surface area contributed by atoms with E-state index in [4.69, 9.17) is 0 Å². The zero-order valence-corrected chi connectivity index (χ0v) is 18.2. The van der Waals surface area contributed by atoms with Crippen molar-refractivity contribution in [1.29, 1.82) is 0 Å². The highest BCUT2D eigenvalue weighted by molar-refractivity contribution is 4.93. The highest BCUT2D eigenvalue weighted by Gasteiger charge is 2.42. The van der Waals surface area contributed by atoms with Crippen molar-refractivity contribution < 1.29 is 0 Å². The van der Waals surface area contributed by atoms with E-state index in [9.17, 15) is 0 Å². The van der Waals surface area contributed by atoms with E-state index in [2.05, 4.69) is 33.0 Å². The lowest BCUT2D eigenvalue weighted by Crippen LogP contribution is -2.39. The molecule has 1 fully saturated rings. The molecule has 0 aromatic heterocycles. The third kappa shape index (κ3) is 7.61. The van der Waals surface area contributed by atoms with Gasteiger partial charge in [-0.2, -0.15) is 0 Å². The Balaban J connectivity index is 2.80. The highest BCUT2D eigenvalue weighted by atomic mass is 14.9. The second-order valence-electron chi connectivity index (χ2n) is 8.75. The van der Waals surface area contributed by atoms with Crippen LogP contribution in [0.5, 0.6) is 0 Å². The van der Waals surface area contributed by atoms with Gasteiger partial charge in [0, 0.05) is 0 Å². The Bertz CT molecular complexity index is 268. The smallest absolute Gasteiger partial charge is 0.00434 e. The lowest BCUT2D eigenvalue weighted by Gasteiger charge is -2.47. The molecule has 1 N–H and O–H groups in total. The first-order chi connectivity index (χ1) is 12.2. The molecule has 0 aliphatic carbocycles. The van der Waals surface area contributed by atoms with Crippen LogP contribution in [-0.4, -0.2) is 13.1 Å². The highest BCUT2D eigenvalue weighted by Crippen LogP contribution is 2.51. The minimum atomic E-state index is 0.630. The zero-order valence-electron chi connectivity index (χ0n) is 18.2. The van der Waals surface area contributed by atoms with E-state index in [1.165, 1.54) is 109 Å². The summed E-state index contributed by atoms with van der Waals surface area (Å²) in [6.07, 6.45) is 21.5. The van der Waals surface area contributed by atoms with Gasteiger partial charge in [-0.05, 0) is 62.4 Å². The summed E-state index contributed by atoms with van der Waals surface area (Å²) in [7, 11) is 0. The molecule has 2 atom stereocenters. The van der Waals surface area contributed by atoms with Crippen LogP contribution in [0.1, 0.15) is 124 Å². The summed E-state index contributed by atoms with van der Waals surface area (Å²) < 4.78 is 0. The molecule has 0 amide bonds. The van der Waals surface area contributed by atoms with Gasteiger partial charge in [0.25, 0.3) is 0 Å². The molecule has 1 rings (SSSR count). The van der Waals surface area contributed by atoms with Gasteiger partial charge in [-0.15, -0.1) is 0 Å². The maximum absolute atomic E-state index is 3.71. The summed E-state index contributed by atoms with van der Waals surface area (Å²) in [6, 6.07) is 0. The number of nitrogens with one attached hydrogen (secondary N) is 1. The van der Waals surface area contributed by atoms with Gasteiger partial charge in [0.2, 0.25) is 0 Å². The van der Waals surface area contributed by atoms with Crippen molar-refractivity contribution >= 4 is 0 Å². The zero-order chi connectivity index (χ0) is 18.4. The van der Waals surface area contributed by atoms with Crippen LogP contribution in [0.25, 0.3) is 0 Å². The van der Waals surface area contributed by atoms with Gasteiger partial charge in [-0.25, -0.2) is 0 Å². The van der Waals surface area contributed by atoms with Crippen LogP contribution in [0, 0.1) is 17.3 Å². The third-order valence-corrected chi connectivity index (χ3v) is 7.19. The molecule has 0 aromatic carbocycles. The van der Waals surface area contributed by atoms with E-state index >= 15 is 0 Å². The molecular weight excluding hydrogens is 302 g/mol. The summed E-state index contributed by atoms with van der Waals surface area (Å²) in [6.45, 7) is 12.1. The van der Waals surface area contributed by atoms with E-state index in [0.717, 1.165) is 11.8 Å². The minimum absolute atomic E-state index is 0.630. The summed E-state index contributed by atoms with van der Waals surface area (Å²) in [5, 5.41) is 3.71. The van der Waals surface area contributed by atoms with Gasteiger partial charge in [0.1, 0.15) is 0 Å². The summed E-state index contributed by atoms with van der Waals surface area (Å²) in [5.41, 5.74) is 0.630. The molecule has 2 unspecified atom stereocenters. The van der Waals surface area contributed by atoms with Crippen LogP contribution < -0.4 is 5.32 Å². The maximum Gasteiger partial charge on any atom is -0.00434 e. The Morgan fingerprint density at radius 3 is 1.72 bits per heavy atom. The first kappa shape index (κ1) is 23.0. The average molecular weight is 352 g/mol. The van der Waals surface area contributed by atoms with Crippen molar-refractivity contribution in [3.63, 3.8) is 0 Å². The van der Waals surface area contributed by atoms with Crippen LogP contribution in [-0.2, 0) is 0 Å². The van der Waals surface area contributed by atoms with Crippen LogP contribution in [0.4, 0.5) is 0 Å². The molecule has 0 saturated carbocycles. The quantitative estimate of drug-likeness (QED) is 0.315. The molecule has 1 aliphatic rings. The van der Waals surface area contributed by atoms with E-state index in [0.29, 0.717) is 5.41 Å². The number of hydrogen-bond donors (Lipinski definition) is 1. The molecular formula is C24H49N. The Morgan fingerprint density at radius 2 is 1.24 bits per heavy atom. The fourth-order valence-electron chi connectivity index (χ4n) is 5.69. The van der Waals surface area contributed by atoms with E-state index in [1.54, 1.807) is 0 Å². The Labute approximate surface area is 160 Å². The van der Waals surface area contributed by atoms with E-state index < -0.39 is 0 Å². The van der Waals surface area contributed by atoms with Gasteiger partial charge < -0.3 is 5.32 Å². The summed E-state index contributed by atoms with van der Waals surface area (Å²) in [4.78, 5) is 0. The first-order valence-corrected chi connectivity index (χ1v) is 12.0. The monoisotopic (exact) mass is 351 g/mol. The van der Waals surface area contributed by atoms with Crippen molar-refractivity contribution in [2.24, 2.45) is 17.3 Å². The lowest BCUT2D eigenvalue weighted by molar-refractivity contribution is 0.0326. The molecule has 1 heteroatoms. The number of rotatable bonds is 14. The normalized spacial score (nSPS) is 24.0. The Hall–Kier alpha value is -0.0400. The van der Waals surface area contributed by atoms with Crippen LogP contribution in [0.2, 0.25) is 0 Å². The minimum Gasteiger partial charge on any atom is -0.317 e. The largest absolute Gasteiger partial charge is 0.317 e. The fraction of sp³-hybridized carbons (Fsp3) is 1.00. The van der Waals surface area contributed by atoms with Crippen molar-refractivity contribution in [3.8, 4) is 0 Å². The number of unbranched alkanes of at least 4 members (excludes halogenated alkanes) is 6.